The molecule has 0 aliphatic carbocycles. The lowest BCUT2D eigenvalue weighted by Gasteiger charge is -2.23. The van der Waals surface area contributed by atoms with E-state index in [1.807, 2.05) is 37.3 Å². The minimum Gasteiger partial charge on any atom is -0.424 e. The van der Waals surface area contributed by atoms with Gasteiger partial charge in [0.15, 0.2) is 0 Å². The Labute approximate surface area is 165 Å². The molecule has 8 heteroatoms. The molecule has 2 aromatic rings. The summed E-state index contributed by atoms with van der Waals surface area (Å²) in [4.78, 5) is 40.0. The second kappa shape index (κ2) is 7.47. The van der Waals surface area contributed by atoms with E-state index in [2.05, 4.69) is 15.6 Å². The summed E-state index contributed by atoms with van der Waals surface area (Å²) in [5.41, 5.74) is 3.35. The first kappa shape index (κ1) is 18.2. The highest BCUT2D eigenvalue weighted by atomic mass is 32.2. The van der Waals surface area contributed by atoms with Gasteiger partial charge in [0, 0.05) is 17.0 Å². The fourth-order valence-electron chi connectivity index (χ4n) is 3.13. The van der Waals surface area contributed by atoms with Gasteiger partial charge in [-0.1, -0.05) is 42.1 Å². The summed E-state index contributed by atoms with van der Waals surface area (Å²) >= 11 is 0.970. The van der Waals surface area contributed by atoms with Crippen LogP contribution in [-0.2, 0) is 16.0 Å². The van der Waals surface area contributed by atoms with Crippen molar-refractivity contribution in [3.8, 4) is 5.75 Å². The van der Waals surface area contributed by atoms with E-state index >= 15 is 0 Å². The zero-order valence-corrected chi connectivity index (χ0v) is 15.8. The maximum absolute atomic E-state index is 12.6. The monoisotopic (exact) mass is 395 g/mol. The Bertz CT molecular complexity index is 1000. The third kappa shape index (κ3) is 3.77. The van der Waals surface area contributed by atoms with Crippen molar-refractivity contribution in [2.24, 2.45) is 4.99 Å². The van der Waals surface area contributed by atoms with Crippen molar-refractivity contribution in [2.45, 2.75) is 24.8 Å². The summed E-state index contributed by atoms with van der Waals surface area (Å²) in [7, 11) is 0. The largest absolute Gasteiger partial charge is 0.424 e. The van der Waals surface area contributed by atoms with E-state index in [9.17, 15) is 14.4 Å². The third-order valence-electron chi connectivity index (χ3n) is 4.46. The molecule has 2 amide bonds. The number of para-hydroxylation sites is 1. The van der Waals surface area contributed by atoms with Crippen LogP contribution in [0.2, 0.25) is 0 Å². The number of rotatable bonds is 4. The van der Waals surface area contributed by atoms with Crippen molar-refractivity contribution in [3.63, 3.8) is 0 Å². The molecule has 2 unspecified atom stereocenters. The van der Waals surface area contributed by atoms with E-state index in [0.29, 0.717) is 12.2 Å². The van der Waals surface area contributed by atoms with Crippen LogP contribution in [0.15, 0.2) is 53.5 Å². The van der Waals surface area contributed by atoms with Crippen molar-refractivity contribution in [2.75, 3.05) is 5.32 Å². The smallest absolute Gasteiger partial charge is 0.356 e. The minimum absolute atomic E-state index is 0.299. The van der Waals surface area contributed by atoms with Crippen LogP contribution in [0, 0.1) is 0 Å². The van der Waals surface area contributed by atoms with Crippen LogP contribution >= 0.6 is 11.8 Å². The average molecular weight is 395 g/mol. The minimum atomic E-state index is -0.827. The van der Waals surface area contributed by atoms with Crippen molar-refractivity contribution < 1.29 is 19.1 Å². The van der Waals surface area contributed by atoms with Gasteiger partial charge < -0.3 is 10.1 Å². The first-order valence-corrected chi connectivity index (χ1v) is 9.60. The molecule has 142 valence electrons. The molecular formula is C20H17N3O4S. The number of aliphatic imine (C=N–C) groups is 1. The first-order chi connectivity index (χ1) is 13.5. The van der Waals surface area contributed by atoms with Gasteiger partial charge in [-0.2, -0.15) is 0 Å². The number of nitrogens with zero attached hydrogens (tertiary/aromatic N) is 1. The zero-order chi connectivity index (χ0) is 19.7. The van der Waals surface area contributed by atoms with Crippen LogP contribution < -0.4 is 15.4 Å². The molecule has 4 rings (SSSR count). The lowest BCUT2D eigenvalue weighted by Crippen LogP contribution is -2.35. The number of hydrogen-bond acceptors (Lipinski definition) is 7. The Hall–Kier alpha value is -3.13. The molecule has 2 aliphatic rings. The van der Waals surface area contributed by atoms with Gasteiger partial charge in [-0.15, -0.1) is 0 Å². The second-order valence-electron chi connectivity index (χ2n) is 6.46. The molecule has 2 aromatic carbocycles. The van der Waals surface area contributed by atoms with Crippen LogP contribution in [0.5, 0.6) is 5.75 Å². The van der Waals surface area contributed by atoms with Crippen LogP contribution in [0.4, 0.5) is 10.5 Å². The van der Waals surface area contributed by atoms with E-state index < -0.39 is 17.4 Å². The predicted octanol–water partition coefficient (Wildman–Crippen LogP) is 2.75. The molecule has 2 aliphatic heterocycles. The number of anilines is 1. The van der Waals surface area contributed by atoms with Crippen molar-refractivity contribution in [3.05, 3.63) is 59.7 Å². The molecule has 7 nitrogen and oxygen atoms in total. The van der Waals surface area contributed by atoms with Crippen molar-refractivity contribution >= 4 is 40.3 Å². The number of fused-ring (bicyclic) bond motifs is 1. The Morgan fingerprint density at radius 2 is 2.00 bits per heavy atom. The van der Waals surface area contributed by atoms with Crippen LogP contribution in [0.3, 0.4) is 0 Å². The number of hydrogen-bond donors (Lipinski definition) is 2. The maximum Gasteiger partial charge on any atom is 0.356 e. The maximum atomic E-state index is 12.6. The fourth-order valence-corrected chi connectivity index (χ4v) is 3.99. The summed E-state index contributed by atoms with van der Waals surface area (Å²) in [5, 5.41) is 4.53. The normalized spacial score (nSPS) is 20.7. The Morgan fingerprint density at radius 1 is 1.18 bits per heavy atom. The molecule has 0 saturated carbocycles. The molecule has 2 atom stereocenters. The van der Waals surface area contributed by atoms with Crippen LogP contribution in [-0.4, -0.2) is 34.2 Å². The van der Waals surface area contributed by atoms with E-state index in [0.717, 1.165) is 34.3 Å². The molecule has 1 fully saturated rings. The topological polar surface area (TPSA) is 96.9 Å². The van der Waals surface area contributed by atoms with Crippen molar-refractivity contribution in [1.29, 1.82) is 0 Å². The number of benzene rings is 2. The number of esters is 1. The number of carbonyl (C=O) groups is 3. The Balaban J connectivity index is 1.45. The lowest BCUT2D eigenvalue weighted by atomic mass is 10.1. The van der Waals surface area contributed by atoms with Gasteiger partial charge in [0.05, 0.1) is 5.25 Å². The Kier molecular flexibility index (Phi) is 4.87. The number of carbonyl (C=O) groups excluding carboxylic acids is 3. The second-order valence-corrected chi connectivity index (χ2v) is 7.64. The Morgan fingerprint density at radius 3 is 2.79 bits per heavy atom. The van der Waals surface area contributed by atoms with E-state index in [-0.39, 0.29) is 11.1 Å². The number of amides is 2. The van der Waals surface area contributed by atoms with E-state index in [1.165, 1.54) is 0 Å². The average Bonchev–Trinajstić information content (AvgIpc) is 2.99. The molecule has 1 saturated heterocycles. The van der Waals surface area contributed by atoms with Gasteiger partial charge in [-0.05, 0) is 37.1 Å². The molecule has 0 radical (unpaired) electrons. The standard InChI is InChI=1S/C20H17N3O4S/c1-11-14-7-2-3-8-15(14)22-17(21-11)19(25)27-13-6-4-5-12(9-13)10-16-18(24)23-20(26)28-16/h2-9,16-17,22H,10H2,1H3,(H,23,24,26). The zero-order valence-electron chi connectivity index (χ0n) is 15.0. The predicted molar refractivity (Wildman–Crippen MR) is 107 cm³/mol. The van der Waals surface area contributed by atoms with Gasteiger partial charge in [0.25, 0.3) is 5.24 Å². The lowest BCUT2D eigenvalue weighted by molar-refractivity contribution is -0.135. The SMILES string of the molecule is CC1=NC(C(=O)Oc2cccc(CC3SC(=O)NC3=O)c2)Nc2ccccc21. The number of imide groups is 1. The molecule has 2 heterocycles. The molecule has 0 spiro atoms. The number of ether oxygens (including phenoxy) is 1. The summed E-state index contributed by atoms with van der Waals surface area (Å²) in [6.45, 7) is 1.85. The first-order valence-electron chi connectivity index (χ1n) is 8.72. The molecular weight excluding hydrogens is 378 g/mol. The number of nitrogens with one attached hydrogen (secondary N) is 2. The van der Waals surface area contributed by atoms with Gasteiger partial charge in [0.2, 0.25) is 12.1 Å². The van der Waals surface area contributed by atoms with E-state index in [4.69, 9.17) is 4.74 Å². The highest BCUT2D eigenvalue weighted by Crippen LogP contribution is 2.26. The molecule has 0 bridgehead atoms. The van der Waals surface area contributed by atoms with Crippen LogP contribution in [0.25, 0.3) is 0 Å². The summed E-state index contributed by atoms with van der Waals surface area (Å²) in [6, 6.07) is 14.6. The van der Waals surface area contributed by atoms with Gasteiger partial charge >= 0.3 is 5.97 Å². The summed E-state index contributed by atoms with van der Waals surface area (Å²) in [6.07, 6.45) is -0.452. The number of thioether (sulfide) groups is 1. The van der Waals surface area contributed by atoms with E-state index in [1.54, 1.807) is 18.2 Å². The molecule has 0 aromatic heterocycles. The summed E-state index contributed by atoms with van der Waals surface area (Å²) in [5.74, 6) is -0.452. The highest BCUT2D eigenvalue weighted by Gasteiger charge is 2.31. The van der Waals surface area contributed by atoms with Crippen molar-refractivity contribution in [1.82, 2.24) is 5.32 Å². The highest BCUT2D eigenvalue weighted by molar-refractivity contribution is 8.15. The fraction of sp³-hybridized carbons (Fsp3) is 0.200. The quantitative estimate of drug-likeness (QED) is 0.610. The van der Waals surface area contributed by atoms with Gasteiger partial charge in [-0.25, -0.2) is 4.79 Å². The molecule has 28 heavy (non-hydrogen) atoms. The van der Waals surface area contributed by atoms with Crippen LogP contribution in [0.1, 0.15) is 18.1 Å². The third-order valence-corrected chi connectivity index (χ3v) is 5.44. The van der Waals surface area contributed by atoms with Gasteiger partial charge in [0.1, 0.15) is 5.75 Å². The van der Waals surface area contributed by atoms with Gasteiger partial charge in [-0.3, -0.25) is 19.9 Å². The summed E-state index contributed by atoms with van der Waals surface area (Å²) < 4.78 is 5.49. The molecule has 2 N–H and O–H groups in total.